The summed E-state index contributed by atoms with van der Waals surface area (Å²) < 4.78 is 1.93. The number of rotatable bonds is 5. The lowest BCUT2D eigenvalue weighted by molar-refractivity contribution is -0.132. The predicted molar refractivity (Wildman–Crippen MR) is 83.4 cm³/mol. The lowest BCUT2D eigenvalue weighted by atomic mass is 10.0. The van der Waals surface area contributed by atoms with Crippen LogP contribution in [-0.4, -0.2) is 38.5 Å². The quantitative estimate of drug-likeness (QED) is 0.687. The fourth-order valence-electron chi connectivity index (χ4n) is 2.32. The van der Waals surface area contributed by atoms with Gasteiger partial charge in [0.25, 0.3) is 6.47 Å². The third-order valence-corrected chi connectivity index (χ3v) is 3.57. The molecule has 0 radical (unpaired) electrons. The maximum atomic E-state index is 12.4. The van der Waals surface area contributed by atoms with Crippen LogP contribution in [0.4, 0.5) is 0 Å². The molecule has 0 aliphatic heterocycles. The summed E-state index contributed by atoms with van der Waals surface area (Å²) in [5, 5.41) is 12.6. The van der Waals surface area contributed by atoms with Crippen LogP contribution in [0.3, 0.4) is 0 Å². The number of nitrogens with zero attached hydrogens (tertiary/aromatic N) is 2. The average molecular weight is 324 g/mol. The third-order valence-electron chi connectivity index (χ3n) is 3.57. The Morgan fingerprint density at radius 2 is 2.04 bits per heavy atom. The topological polar surface area (TPSA) is 113 Å². The van der Waals surface area contributed by atoms with E-state index < -0.39 is 5.54 Å². The fourth-order valence-corrected chi connectivity index (χ4v) is 2.32. The van der Waals surface area contributed by atoms with Crippen LogP contribution in [0.2, 0.25) is 0 Å². The number of aromatic nitrogens is 2. The van der Waals surface area contributed by atoms with Crippen molar-refractivity contribution in [2.24, 2.45) is 13.0 Å². The van der Waals surface area contributed by atoms with Gasteiger partial charge < -0.3 is 20.3 Å². The molecule has 0 bridgehead atoms. The first-order valence-corrected chi connectivity index (χ1v) is 7.37. The zero-order valence-corrected chi connectivity index (χ0v) is 13.9. The molecular formula is C15H24N4O4. The van der Waals surface area contributed by atoms with Crippen LogP contribution in [0.1, 0.15) is 45.5 Å². The Morgan fingerprint density at radius 3 is 2.43 bits per heavy atom. The zero-order valence-electron chi connectivity index (χ0n) is 13.9. The molecule has 1 aromatic rings. The number of amides is 2. The summed E-state index contributed by atoms with van der Waals surface area (Å²) >= 11 is 0. The van der Waals surface area contributed by atoms with Gasteiger partial charge in [0.05, 0.1) is 6.04 Å². The molecule has 8 heteroatoms. The van der Waals surface area contributed by atoms with Gasteiger partial charge in [-0.05, 0) is 32.6 Å². The highest BCUT2D eigenvalue weighted by atomic mass is 16.3. The standard InChI is InChI=1S/C14H22N4O2.CH2O2/c1-9(19)17-14(2,3)13(20)16-11(10-5-6-10)12-15-7-8-18(12)4;2-1-3/h7-8,10-11H,5-6H2,1-4H3,(H,16,20)(H,17,19);1H,(H,2,3). The van der Waals surface area contributed by atoms with Crippen LogP contribution in [0, 0.1) is 5.92 Å². The van der Waals surface area contributed by atoms with Crippen LogP contribution in [0.5, 0.6) is 0 Å². The number of imidazole rings is 1. The number of carboxylic acid groups (broad SMARTS) is 1. The zero-order chi connectivity index (χ0) is 17.6. The number of carbonyl (C=O) groups is 3. The van der Waals surface area contributed by atoms with Crippen molar-refractivity contribution >= 4 is 18.3 Å². The molecule has 8 nitrogen and oxygen atoms in total. The summed E-state index contributed by atoms with van der Waals surface area (Å²) in [7, 11) is 1.92. The van der Waals surface area contributed by atoms with Crippen molar-refractivity contribution in [2.75, 3.05) is 0 Å². The Bertz CT molecular complexity index is 564. The number of hydrogen-bond donors (Lipinski definition) is 3. The highest BCUT2D eigenvalue weighted by Gasteiger charge is 2.38. The minimum absolute atomic E-state index is 0.0875. The Balaban J connectivity index is 0.000000816. The van der Waals surface area contributed by atoms with Crippen LogP contribution < -0.4 is 10.6 Å². The molecule has 1 heterocycles. The molecule has 1 saturated carbocycles. The van der Waals surface area contributed by atoms with Crippen LogP contribution in [0.25, 0.3) is 0 Å². The molecule has 1 atom stereocenters. The monoisotopic (exact) mass is 324 g/mol. The summed E-state index contributed by atoms with van der Waals surface area (Å²) in [6.45, 7) is 4.56. The van der Waals surface area contributed by atoms with Crippen LogP contribution in [0.15, 0.2) is 12.4 Å². The Morgan fingerprint density at radius 1 is 1.48 bits per heavy atom. The van der Waals surface area contributed by atoms with E-state index in [1.807, 2.05) is 17.8 Å². The molecule has 0 aromatic carbocycles. The maximum absolute atomic E-state index is 12.4. The first-order chi connectivity index (χ1) is 10.7. The SMILES string of the molecule is CC(=O)NC(C)(C)C(=O)NC(c1nccn1C)C1CC1.O=CO. The third kappa shape index (κ3) is 5.39. The van der Waals surface area contributed by atoms with Gasteiger partial charge in [-0.25, -0.2) is 4.98 Å². The van der Waals surface area contributed by atoms with Gasteiger partial charge in [-0.2, -0.15) is 0 Å². The van der Waals surface area contributed by atoms with Gasteiger partial charge in [0.2, 0.25) is 11.8 Å². The molecule has 1 aromatic heterocycles. The minimum Gasteiger partial charge on any atom is -0.483 e. The van der Waals surface area contributed by atoms with E-state index in [1.54, 1.807) is 20.0 Å². The second-order valence-electron chi connectivity index (χ2n) is 6.10. The van der Waals surface area contributed by atoms with Crippen molar-refractivity contribution in [1.82, 2.24) is 20.2 Å². The van der Waals surface area contributed by atoms with Crippen molar-refractivity contribution < 1.29 is 19.5 Å². The summed E-state index contributed by atoms with van der Waals surface area (Å²) in [5.41, 5.74) is -0.926. The van der Waals surface area contributed by atoms with Gasteiger partial charge in [0.15, 0.2) is 0 Å². The molecule has 1 aliphatic carbocycles. The first kappa shape index (κ1) is 18.7. The molecule has 128 valence electrons. The van der Waals surface area contributed by atoms with Gasteiger partial charge in [-0.3, -0.25) is 14.4 Å². The molecule has 1 unspecified atom stereocenters. The van der Waals surface area contributed by atoms with Crippen LogP contribution >= 0.6 is 0 Å². The normalized spacial score (nSPS) is 15.0. The molecule has 0 saturated heterocycles. The van der Waals surface area contributed by atoms with Gasteiger partial charge in [0.1, 0.15) is 11.4 Å². The Kier molecular flexibility index (Phi) is 6.29. The van der Waals surface area contributed by atoms with E-state index in [9.17, 15) is 9.59 Å². The van der Waals surface area contributed by atoms with E-state index >= 15 is 0 Å². The summed E-state index contributed by atoms with van der Waals surface area (Å²) in [5.74, 6) is 0.894. The van der Waals surface area contributed by atoms with Crippen molar-refractivity contribution in [3.05, 3.63) is 18.2 Å². The molecule has 2 amide bonds. The minimum atomic E-state index is -0.926. The molecule has 1 fully saturated rings. The lowest BCUT2D eigenvalue weighted by Crippen LogP contribution is -2.55. The smallest absolute Gasteiger partial charge is 0.290 e. The van der Waals surface area contributed by atoms with Crippen molar-refractivity contribution in [3.63, 3.8) is 0 Å². The van der Waals surface area contributed by atoms with E-state index in [0.29, 0.717) is 5.92 Å². The Hall–Kier alpha value is -2.38. The maximum Gasteiger partial charge on any atom is 0.290 e. The molecular weight excluding hydrogens is 300 g/mol. The molecule has 0 spiro atoms. The number of carbonyl (C=O) groups excluding carboxylic acids is 2. The van der Waals surface area contributed by atoms with E-state index in [0.717, 1.165) is 18.7 Å². The van der Waals surface area contributed by atoms with Crippen LogP contribution in [-0.2, 0) is 21.4 Å². The second-order valence-corrected chi connectivity index (χ2v) is 6.10. The average Bonchev–Trinajstić information content (AvgIpc) is 3.18. The number of hydrogen-bond acceptors (Lipinski definition) is 4. The van der Waals surface area contributed by atoms with Crippen molar-refractivity contribution in [3.8, 4) is 0 Å². The first-order valence-electron chi connectivity index (χ1n) is 7.37. The van der Waals surface area contributed by atoms with E-state index in [2.05, 4.69) is 15.6 Å². The van der Waals surface area contributed by atoms with E-state index in [-0.39, 0.29) is 24.3 Å². The fraction of sp³-hybridized carbons (Fsp3) is 0.600. The van der Waals surface area contributed by atoms with E-state index in [4.69, 9.17) is 9.90 Å². The van der Waals surface area contributed by atoms with Gasteiger partial charge in [-0.1, -0.05) is 0 Å². The highest BCUT2D eigenvalue weighted by Crippen LogP contribution is 2.40. The lowest BCUT2D eigenvalue weighted by Gasteiger charge is -2.27. The molecule has 1 aliphatic rings. The van der Waals surface area contributed by atoms with Crippen molar-refractivity contribution in [2.45, 2.75) is 45.2 Å². The molecule has 23 heavy (non-hydrogen) atoms. The predicted octanol–water partition coefficient (Wildman–Crippen LogP) is 0.603. The molecule has 3 N–H and O–H groups in total. The van der Waals surface area contributed by atoms with Gasteiger partial charge >= 0.3 is 0 Å². The van der Waals surface area contributed by atoms with Crippen molar-refractivity contribution in [1.29, 1.82) is 0 Å². The number of aryl methyl sites for hydroxylation is 1. The highest BCUT2D eigenvalue weighted by molar-refractivity contribution is 5.90. The molecule has 2 rings (SSSR count). The summed E-state index contributed by atoms with van der Waals surface area (Å²) in [6, 6.07) is -0.0875. The Labute approximate surface area is 135 Å². The van der Waals surface area contributed by atoms with Gasteiger partial charge in [0, 0.05) is 26.4 Å². The largest absolute Gasteiger partial charge is 0.483 e. The summed E-state index contributed by atoms with van der Waals surface area (Å²) in [4.78, 5) is 36.3. The summed E-state index contributed by atoms with van der Waals surface area (Å²) in [6.07, 6.45) is 5.79. The van der Waals surface area contributed by atoms with E-state index in [1.165, 1.54) is 6.92 Å². The second kappa shape index (κ2) is 7.75. The number of nitrogens with one attached hydrogen (secondary N) is 2. The van der Waals surface area contributed by atoms with Gasteiger partial charge in [-0.15, -0.1) is 0 Å².